The van der Waals surface area contributed by atoms with E-state index < -0.39 is 0 Å². The summed E-state index contributed by atoms with van der Waals surface area (Å²) >= 11 is 1.86. The van der Waals surface area contributed by atoms with E-state index in [-0.39, 0.29) is 0 Å². The van der Waals surface area contributed by atoms with Crippen LogP contribution in [0.1, 0.15) is 20.9 Å². The zero-order valence-corrected chi connectivity index (χ0v) is 11.1. The molecule has 17 heavy (non-hydrogen) atoms. The molecule has 2 rings (SSSR count). The number of nitrogens with two attached hydrogens (primary N) is 1. The van der Waals surface area contributed by atoms with E-state index >= 15 is 0 Å². The van der Waals surface area contributed by atoms with E-state index in [0.29, 0.717) is 0 Å². The van der Waals surface area contributed by atoms with Crippen LogP contribution in [-0.2, 0) is 13.1 Å². The molecule has 1 heterocycles. The monoisotopic (exact) mass is 246 g/mol. The second-order valence-corrected chi connectivity index (χ2v) is 5.60. The van der Waals surface area contributed by atoms with Gasteiger partial charge < -0.3 is 11.1 Å². The van der Waals surface area contributed by atoms with Gasteiger partial charge in [-0.3, -0.25) is 0 Å². The molecule has 0 bridgehead atoms. The molecular formula is C14H18N2S. The fourth-order valence-corrected chi connectivity index (χ4v) is 2.78. The molecule has 1 aromatic carbocycles. The first-order valence-corrected chi connectivity index (χ1v) is 6.58. The van der Waals surface area contributed by atoms with E-state index in [1.54, 1.807) is 0 Å². The number of benzene rings is 1. The number of nitrogen functional groups attached to an aromatic ring is 1. The second kappa shape index (κ2) is 5.34. The molecule has 2 aromatic rings. The predicted octanol–water partition coefficient (Wildman–Crippen LogP) is 3.24. The third kappa shape index (κ3) is 3.08. The minimum absolute atomic E-state index is 0.822. The third-order valence-electron chi connectivity index (χ3n) is 2.89. The normalized spacial score (nSPS) is 10.7. The van der Waals surface area contributed by atoms with Gasteiger partial charge in [-0.2, -0.15) is 0 Å². The Morgan fingerprint density at radius 3 is 2.59 bits per heavy atom. The van der Waals surface area contributed by atoms with Gasteiger partial charge in [-0.15, -0.1) is 11.3 Å². The molecule has 0 spiro atoms. The zero-order chi connectivity index (χ0) is 12.3. The summed E-state index contributed by atoms with van der Waals surface area (Å²) in [5.74, 6) is 0. The number of thiophene rings is 1. The number of hydrogen-bond acceptors (Lipinski definition) is 3. The van der Waals surface area contributed by atoms with Gasteiger partial charge in [0.2, 0.25) is 0 Å². The van der Waals surface area contributed by atoms with Gasteiger partial charge in [-0.1, -0.05) is 18.2 Å². The molecule has 0 aliphatic carbocycles. The van der Waals surface area contributed by atoms with Crippen molar-refractivity contribution in [3.8, 4) is 0 Å². The Bertz CT molecular complexity index is 483. The maximum Gasteiger partial charge on any atom is 0.0359 e. The van der Waals surface area contributed by atoms with Gasteiger partial charge in [0.1, 0.15) is 0 Å². The summed E-state index contributed by atoms with van der Waals surface area (Å²) in [7, 11) is 0. The SMILES string of the molecule is Cc1cc(CNCc2ccccc2N)sc1C. The van der Waals surface area contributed by atoms with Gasteiger partial charge in [0.25, 0.3) is 0 Å². The highest BCUT2D eigenvalue weighted by atomic mass is 32.1. The van der Waals surface area contributed by atoms with Crippen LogP contribution in [0.4, 0.5) is 5.69 Å². The summed E-state index contributed by atoms with van der Waals surface area (Å²) in [5, 5.41) is 3.43. The van der Waals surface area contributed by atoms with Crippen LogP contribution in [0.3, 0.4) is 0 Å². The van der Waals surface area contributed by atoms with Crippen LogP contribution >= 0.6 is 11.3 Å². The van der Waals surface area contributed by atoms with Crippen molar-refractivity contribution in [1.29, 1.82) is 0 Å². The molecule has 0 unspecified atom stereocenters. The average molecular weight is 246 g/mol. The molecule has 0 saturated heterocycles. The van der Waals surface area contributed by atoms with E-state index in [4.69, 9.17) is 5.73 Å². The highest BCUT2D eigenvalue weighted by Crippen LogP contribution is 2.20. The minimum atomic E-state index is 0.822. The topological polar surface area (TPSA) is 38.0 Å². The van der Waals surface area contributed by atoms with Crippen LogP contribution in [0, 0.1) is 13.8 Å². The summed E-state index contributed by atoms with van der Waals surface area (Å²) in [4.78, 5) is 2.79. The molecule has 0 saturated carbocycles. The molecule has 3 heteroatoms. The standard InChI is InChI=1S/C14H18N2S/c1-10-7-13(17-11(10)2)9-16-8-12-5-3-4-6-14(12)15/h3-7,16H,8-9,15H2,1-2H3. The lowest BCUT2D eigenvalue weighted by molar-refractivity contribution is 0.702. The number of para-hydroxylation sites is 1. The number of hydrogen-bond donors (Lipinski definition) is 2. The van der Waals surface area contributed by atoms with Gasteiger partial charge in [0.05, 0.1) is 0 Å². The Balaban J connectivity index is 1.90. The van der Waals surface area contributed by atoms with Crippen LogP contribution in [-0.4, -0.2) is 0 Å². The molecule has 0 atom stereocenters. The highest BCUT2D eigenvalue weighted by Gasteiger charge is 2.02. The van der Waals surface area contributed by atoms with Crippen molar-refractivity contribution in [2.75, 3.05) is 5.73 Å². The number of aryl methyl sites for hydroxylation is 2. The average Bonchev–Trinajstić information content (AvgIpc) is 2.61. The van der Waals surface area contributed by atoms with E-state index in [1.807, 2.05) is 29.5 Å². The van der Waals surface area contributed by atoms with Crippen molar-refractivity contribution in [3.63, 3.8) is 0 Å². The van der Waals surface area contributed by atoms with Crippen molar-refractivity contribution in [2.45, 2.75) is 26.9 Å². The fraction of sp³-hybridized carbons (Fsp3) is 0.286. The Morgan fingerprint density at radius 1 is 1.18 bits per heavy atom. The van der Waals surface area contributed by atoms with Crippen molar-refractivity contribution in [2.24, 2.45) is 0 Å². The van der Waals surface area contributed by atoms with Crippen LogP contribution in [0.2, 0.25) is 0 Å². The number of rotatable bonds is 4. The summed E-state index contributed by atoms with van der Waals surface area (Å²) in [6.45, 7) is 6.06. The van der Waals surface area contributed by atoms with Crippen LogP contribution in [0.5, 0.6) is 0 Å². The highest BCUT2D eigenvalue weighted by molar-refractivity contribution is 7.12. The Kier molecular flexibility index (Phi) is 3.82. The Hall–Kier alpha value is -1.32. The summed E-state index contributed by atoms with van der Waals surface area (Å²) < 4.78 is 0. The van der Waals surface area contributed by atoms with Gasteiger partial charge in [-0.25, -0.2) is 0 Å². The van der Waals surface area contributed by atoms with E-state index in [2.05, 4.69) is 31.3 Å². The second-order valence-electron chi connectivity index (χ2n) is 4.25. The molecule has 2 nitrogen and oxygen atoms in total. The Labute approximate surface area is 106 Å². The van der Waals surface area contributed by atoms with Crippen LogP contribution < -0.4 is 11.1 Å². The maximum absolute atomic E-state index is 5.89. The Morgan fingerprint density at radius 2 is 1.94 bits per heavy atom. The lowest BCUT2D eigenvalue weighted by Gasteiger charge is -2.06. The molecular weight excluding hydrogens is 228 g/mol. The fourth-order valence-electron chi connectivity index (χ4n) is 1.75. The first-order valence-electron chi connectivity index (χ1n) is 5.77. The minimum Gasteiger partial charge on any atom is -0.398 e. The molecule has 3 N–H and O–H groups in total. The zero-order valence-electron chi connectivity index (χ0n) is 10.3. The lowest BCUT2D eigenvalue weighted by atomic mass is 10.2. The molecule has 0 aliphatic rings. The van der Waals surface area contributed by atoms with Crippen LogP contribution in [0.25, 0.3) is 0 Å². The van der Waals surface area contributed by atoms with Crippen molar-refractivity contribution < 1.29 is 0 Å². The first kappa shape index (κ1) is 12.1. The third-order valence-corrected chi connectivity index (χ3v) is 4.04. The van der Waals surface area contributed by atoms with Crippen molar-refractivity contribution in [1.82, 2.24) is 5.32 Å². The molecule has 0 fully saturated rings. The molecule has 0 aliphatic heterocycles. The maximum atomic E-state index is 5.89. The van der Waals surface area contributed by atoms with Gasteiger partial charge >= 0.3 is 0 Å². The van der Waals surface area contributed by atoms with Crippen LogP contribution in [0.15, 0.2) is 30.3 Å². The summed E-state index contributed by atoms with van der Waals surface area (Å²) in [6, 6.07) is 10.2. The molecule has 0 radical (unpaired) electrons. The molecule has 1 aromatic heterocycles. The van der Waals surface area contributed by atoms with E-state index in [0.717, 1.165) is 24.3 Å². The van der Waals surface area contributed by atoms with Gasteiger partial charge in [-0.05, 0) is 37.1 Å². The molecule has 90 valence electrons. The van der Waals surface area contributed by atoms with Crippen molar-refractivity contribution in [3.05, 3.63) is 51.2 Å². The van der Waals surface area contributed by atoms with E-state index in [1.165, 1.54) is 15.3 Å². The first-order chi connectivity index (χ1) is 8.16. The number of anilines is 1. The lowest BCUT2D eigenvalue weighted by Crippen LogP contribution is -2.12. The smallest absolute Gasteiger partial charge is 0.0359 e. The van der Waals surface area contributed by atoms with E-state index in [9.17, 15) is 0 Å². The quantitative estimate of drug-likeness (QED) is 0.813. The number of nitrogens with one attached hydrogen (secondary N) is 1. The predicted molar refractivity (Wildman–Crippen MR) is 75.2 cm³/mol. The van der Waals surface area contributed by atoms with Gasteiger partial charge in [0.15, 0.2) is 0 Å². The summed E-state index contributed by atoms with van der Waals surface area (Å²) in [6.07, 6.45) is 0. The largest absolute Gasteiger partial charge is 0.398 e. The van der Waals surface area contributed by atoms with Crippen molar-refractivity contribution >= 4 is 17.0 Å². The summed E-state index contributed by atoms with van der Waals surface area (Å²) in [5.41, 5.74) is 9.30. The van der Waals surface area contributed by atoms with Gasteiger partial charge in [0, 0.05) is 28.5 Å². The molecule has 0 amide bonds.